The van der Waals surface area contributed by atoms with E-state index >= 15 is 0 Å². The molecule has 10 nitrogen and oxygen atoms in total. The second kappa shape index (κ2) is 14.4. The highest BCUT2D eigenvalue weighted by molar-refractivity contribution is 6.34. The fourth-order valence-electron chi connectivity index (χ4n) is 4.74. The molecule has 0 bridgehead atoms. The third kappa shape index (κ3) is 8.58. The topological polar surface area (TPSA) is 128 Å². The van der Waals surface area contributed by atoms with Gasteiger partial charge in [0.2, 0.25) is 5.95 Å². The van der Waals surface area contributed by atoms with E-state index < -0.39 is 23.6 Å². The SMILES string of the molecule is O=C(NCCN1CCCC1)c1ccc(Nc2ncc(NC(=O)c3cc(NC(=O)c4cccc(C(F)(F)F)c4)ccc3Cl)cn2)cc1. The van der Waals surface area contributed by atoms with Gasteiger partial charge in [-0.3, -0.25) is 14.4 Å². The Morgan fingerprint density at radius 1 is 0.783 bits per heavy atom. The number of anilines is 4. The van der Waals surface area contributed by atoms with Gasteiger partial charge in [-0.05, 0) is 86.6 Å². The summed E-state index contributed by atoms with van der Waals surface area (Å²) in [4.78, 5) is 48.7. The van der Waals surface area contributed by atoms with E-state index in [1.165, 1.54) is 49.5 Å². The minimum Gasteiger partial charge on any atom is -0.351 e. The van der Waals surface area contributed by atoms with Crippen molar-refractivity contribution in [3.8, 4) is 0 Å². The molecule has 4 N–H and O–H groups in total. The van der Waals surface area contributed by atoms with Crippen LogP contribution in [0.2, 0.25) is 5.02 Å². The van der Waals surface area contributed by atoms with Crippen LogP contribution >= 0.6 is 11.6 Å². The summed E-state index contributed by atoms with van der Waals surface area (Å²) in [7, 11) is 0. The highest BCUT2D eigenvalue weighted by Crippen LogP contribution is 2.30. The van der Waals surface area contributed by atoms with Gasteiger partial charge in [-0.1, -0.05) is 17.7 Å². The van der Waals surface area contributed by atoms with Crippen molar-refractivity contribution in [1.29, 1.82) is 0 Å². The van der Waals surface area contributed by atoms with Gasteiger partial charge in [0.15, 0.2) is 0 Å². The zero-order valence-electron chi connectivity index (χ0n) is 24.3. The molecule has 0 aliphatic carbocycles. The van der Waals surface area contributed by atoms with Gasteiger partial charge >= 0.3 is 6.18 Å². The highest BCUT2D eigenvalue weighted by atomic mass is 35.5. The summed E-state index contributed by atoms with van der Waals surface area (Å²) in [5, 5.41) is 11.1. The molecule has 0 radical (unpaired) electrons. The number of benzene rings is 3. The van der Waals surface area contributed by atoms with Crippen LogP contribution in [0.4, 0.5) is 36.2 Å². The molecule has 0 unspecified atom stereocenters. The van der Waals surface area contributed by atoms with E-state index in [2.05, 4.69) is 36.1 Å². The lowest BCUT2D eigenvalue weighted by atomic mass is 10.1. The first-order chi connectivity index (χ1) is 22.0. The molecule has 3 aromatic carbocycles. The van der Waals surface area contributed by atoms with Crippen molar-refractivity contribution in [2.75, 3.05) is 42.1 Å². The largest absolute Gasteiger partial charge is 0.416 e. The summed E-state index contributed by atoms with van der Waals surface area (Å²) in [6.07, 6.45) is 0.561. The van der Waals surface area contributed by atoms with Gasteiger partial charge in [0.1, 0.15) is 0 Å². The molecule has 4 aromatic rings. The molecule has 1 aliphatic rings. The Morgan fingerprint density at radius 3 is 2.15 bits per heavy atom. The van der Waals surface area contributed by atoms with Crippen LogP contribution in [0.3, 0.4) is 0 Å². The fraction of sp³-hybridized carbons (Fsp3) is 0.219. The quantitative estimate of drug-likeness (QED) is 0.160. The Hall–Kier alpha value is -5.01. The molecule has 3 amide bonds. The summed E-state index contributed by atoms with van der Waals surface area (Å²) in [5.41, 5.74) is 0.437. The molecular formula is C32H29ClF3N7O3. The van der Waals surface area contributed by atoms with Crippen molar-refractivity contribution in [2.45, 2.75) is 19.0 Å². The summed E-state index contributed by atoms with van der Waals surface area (Å²) >= 11 is 6.21. The number of hydrogen-bond acceptors (Lipinski definition) is 7. The summed E-state index contributed by atoms with van der Waals surface area (Å²) < 4.78 is 39.1. The lowest BCUT2D eigenvalue weighted by Crippen LogP contribution is -2.33. The van der Waals surface area contributed by atoms with E-state index in [0.29, 0.717) is 17.8 Å². The number of rotatable bonds is 10. The van der Waals surface area contributed by atoms with Crippen LogP contribution in [0.1, 0.15) is 49.5 Å². The first-order valence-electron chi connectivity index (χ1n) is 14.3. The molecule has 46 heavy (non-hydrogen) atoms. The number of hydrogen-bond donors (Lipinski definition) is 4. The van der Waals surface area contributed by atoms with Crippen molar-refractivity contribution in [2.24, 2.45) is 0 Å². The number of nitrogens with one attached hydrogen (secondary N) is 4. The van der Waals surface area contributed by atoms with Crippen molar-refractivity contribution in [1.82, 2.24) is 20.2 Å². The van der Waals surface area contributed by atoms with Gasteiger partial charge in [-0.15, -0.1) is 0 Å². The molecule has 1 saturated heterocycles. The average molecular weight is 652 g/mol. The summed E-state index contributed by atoms with van der Waals surface area (Å²) in [6.45, 7) is 3.58. The zero-order valence-corrected chi connectivity index (χ0v) is 25.1. The Bertz CT molecular complexity index is 1710. The molecule has 2 heterocycles. The lowest BCUT2D eigenvalue weighted by molar-refractivity contribution is -0.137. The van der Waals surface area contributed by atoms with Crippen LogP contribution in [0, 0.1) is 0 Å². The first kappa shape index (κ1) is 32.4. The number of halogens is 4. The van der Waals surface area contributed by atoms with E-state index in [4.69, 9.17) is 11.6 Å². The van der Waals surface area contributed by atoms with Crippen molar-refractivity contribution in [3.05, 3.63) is 106 Å². The molecule has 0 saturated carbocycles. The Balaban J connectivity index is 1.15. The standard InChI is InChI=1S/C32H29ClF3N7O3/c33-27-11-10-24(40-29(45)21-4-3-5-22(16-21)32(34,35)36)17-26(27)30(46)41-25-18-38-31(39-19-25)42-23-8-6-20(7-9-23)28(44)37-12-15-43-13-1-2-14-43/h3-11,16-19H,1-2,12-15H2,(H,37,44)(H,40,45)(H,41,46)(H,38,39,42). The normalized spacial score (nSPS) is 13.2. The molecule has 5 rings (SSSR count). The number of aromatic nitrogens is 2. The number of nitrogens with zero attached hydrogens (tertiary/aromatic N) is 3. The average Bonchev–Trinajstić information content (AvgIpc) is 3.56. The molecule has 1 fully saturated rings. The summed E-state index contributed by atoms with van der Waals surface area (Å²) in [6, 6.07) is 14.9. The van der Waals surface area contributed by atoms with Gasteiger partial charge in [-0.2, -0.15) is 13.2 Å². The molecule has 238 valence electrons. The van der Waals surface area contributed by atoms with Crippen LogP contribution in [-0.2, 0) is 6.18 Å². The van der Waals surface area contributed by atoms with Crippen molar-refractivity contribution < 1.29 is 27.6 Å². The van der Waals surface area contributed by atoms with E-state index in [1.54, 1.807) is 24.3 Å². The first-order valence-corrected chi connectivity index (χ1v) is 14.7. The van der Waals surface area contributed by atoms with E-state index in [0.717, 1.165) is 37.8 Å². The van der Waals surface area contributed by atoms with E-state index in [-0.39, 0.29) is 39.4 Å². The third-order valence-corrected chi connectivity index (χ3v) is 7.48. The molecular weight excluding hydrogens is 623 g/mol. The second-order valence-corrected chi connectivity index (χ2v) is 10.9. The van der Waals surface area contributed by atoms with E-state index in [9.17, 15) is 27.6 Å². The number of likely N-dealkylation sites (tertiary alicyclic amines) is 1. The number of carbonyl (C=O) groups is 3. The maximum Gasteiger partial charge on any atom is 0.416 e. The van der Waals surface area contributed by atoms with Crippen molar-refractivity contribution in [3.63, 3.8) is 0 Å². The van der Waals surface area contributed by atoms with Gasteiger partial charge in [0.05, 0.1) is 34.2 Å². The molecule has 14 heteroatoms. The minimum absolute atomic E-state index is 0.00545. The second-order valence-electron chi connectivity index (χ2n) is 10.5. The van der Waals surface area contributed by atoms with Crippen LogP contribution in [0.5, 0.6) is 0 Å². The maximum atomic E-state index is 13.0. The fourth-order valence-corrected chi connectivity index (χ4v) is 4.95. The number of amides is 3. The van der Waals surface area contributed by atoms with E-state index in [1.807, 2.05) is 0 Å². The number of alkyl halides is 3. The monoisotopic (exact) mass is 651 g/mol. The van der Waals surface area contributed by atoms with Crippen LogP contribution in [-0.4, -0.2) is 58.8 Å². The molecule has 1 aromatic heterocycles. The van der Waals surface area contributed by atoms with Crippen LogP contribution in [0.15, 0.2) is 79.1 Å². The van der Waals surface area contributed by atoms with Gasteiger partial charge in [-0.25, -0.2) is 9.97 Å². The highest BCUT2D eigenvalue weighted by Gasteiger charge is 2.31. The van der Waals surface area contributed by atoms with Crippen LogP contribution < -0.4 is 21.3 Å². The lowest BCUT2D eigenvalue weighted by Gasteiger charge is -2.14. The van der Waals surface area contributed by atoms with Crippen LogP contribution in [0.25, 0.3) is 0 Å². The summed E-state index contributed by atoms with van der Waals surface area (Å²) in [5.74, 6) is -1.31. The van der Waals surface area contributed by atoms with Gasteiger partial charge in [0, 0.05) is 35.6 Å². The Morgan fingerprint density at radius 2 is 1.46 bits per heavy atom. The maximum absolute atomic E-state index is 13.0. The number of carbonyl (C=O) groups excluding carboxylic acids is 3. The van der Waals surface area contributed by atoms with Gasteiger partial charge in [0.25, 0.3) is 17.7 Å². The molecule has 1 aliphatic heterocycles. The zero-order chi connectivity index (χ0) is 32.7. The minimum atomic E-state index is -4.60. The predicted octanol–water partition coefficient (Wildman–Crippen LogP) is 6.22. The smallest absolute Gasteiger partial charge is 0.351 e. The molecule has 0 atom stereocenters. The van der Waals surface area contributed by atoms with Crippen molar-refractivity contribution >= 4 is 52.3 Å². The van der Waals surface area contributed by atoms with Gasteiger partial charge < -0.3 is 26.2 Å². The Kier molecular flexibility index (Phi) is 10.1. The third-order valence-electron chi connectivity index (χ3n) is 7.15. The Labute approximate surface area is 267 Å². The predicted molar refractivity (Wildman–Crippen MR) is 169 cm³/mol. The molecule has 0 spiro atoms.